The molecule has 0 radical (unpaired) electrons. The SMILES string of the molecule is CN(C)C(=O)n1cc(C(=O)c2ccn3c2CSC3c2cccnc2)c2cc[c]([Sn]([CH3])([CH3])[CH3])cc21. The van der Waals surface area contributed by atoms with Gasteiger partial charge >= 0.3 is 191 Å². The van der Waals surface area contributed by atoms with Crippen molar-refractivity contribution in [2.75, 3.05) is 14.1 Å². The van der Waals surface area contributed by atoms with Gasteiger partial charge in [-0.05, 0) is 6.07 Å². The Morgan fingerprint density at radius 1 is 1.12 bits per heavy atom. The first-order valence-electron chi connectivity index (χ1n) is 11.3. The number of carbonyl (C=O) groups excluding carboxylic acids is 2. The van der Waals surface area contributed by atoms with Crippen LogP contribution in [-0.4, -0.2) is 63.3 Å². The molecule has 0 saturated heterocycles. The third-order valence-corrected chi connectivity index (χ3v) is 13.5. The average molecular weight is 579 g/mol. The van der Waals surface area contributed by atoms with E-state index in [-0.39, 0.29) is 17.2 Å². The van der Waals surface area contributed by atoms with Gasteiger partial charge in [0.2, 0.25) is 0 Å². The van der Waals surface area contributed by atoms with Gasteiger partial charge in [-0.1, -0.05) is 0 Å². The molecule has 0 bridgehead atoms. The molecule has 0 spiro atoms. The zero-order chi connectivity index (χ0) is 24.2. The molecule has 1 unspecified atom stereocenters. The molecule has 0 aliphatic carbocycles. The van der Waals surface area contributed by atoms with Crippen molar-refractivity contribution in [2.45, 2.75) is 25.9 Å². The summed E-state index contributed by atoms with van der Waals surface area (Å²) in [5.74, 6) is 0.717. The fourth-order valence-corrected chi connectivity index (χ4v) is 9.07. The molecule has 3 aromatic heterocycles. The average Bonchev–Trinajstić information content (AvgIpc) is 3.51. The molecule has 8 heteroatoms. The predicted molar refractivity (Wildman–Crippen MR) is 141 cm³/mol. The van der Waals surface area contributed by atoms with Crippen LogP contribution >= 0.6 is 11.8 Å². The standard InChI is InChI=1S/C23H19N4O2S.3CH3.Sn/c1-25(2)23(29)27-13-18(16-7-3-4-8-19(16)27)21(28)17-9-11-26-20(17)14-30-22(26)15-6-5-10-24-12-15;;;;/h3,5-13,22H,14H2,1-2H3;3*1H3;. The number of nitrogens with zero attached hydrogens (tertiary/aromatic N) is 4. The second kappa shape index (κ2) is 8.61. The number of benzene rings is 1. The molecular formula is C26H28N4O2SSn. The third-order valence-electron chi connectivity index (χ3n) is 6.37. The van der Waals surface area contributed by atoms with Crippen molar-refractivity contribution >= 4 is 56.4 Å². The summed E-state index contributed by atoms with van der Waals surface area (Å²) in [6.07, 6.45) is 7.37. The van der Waals surface area contributed by atoms with Crippen LogP contribution in [-0.2, 0) is 5.75 Å². The van der Waals surface area contributed by atoms with E-state index < -0.39 is 18.4 Å². The van der Waals surface area contributed by atoms with Gasteiger partial charge in [-0.2, -0.15) is 0 Å². The Morgan fingerprint density at radius 2 is 1.91 bits per heavy atom. The summed E-state index contributed by atoms with van der Waals surface area (Å²) >= 11 is -0.582. The Hall–Kier alpha value is -2.52. The van der Waals surface area contributed by atoms with Gasteiger partial charge in [0.25, 0.3) is 0 Å². The molecule has 1 aliphatic rings. The van der Waals surface area contributed by atoms with Gasteiger partial charge in [0, 0.05) is 6.20 Å². The summed E-state index contributed by atoms with van der Waals surface area (Å²) in [6.45, 7) is 0. The van der Waals surface area contributed by atoms with Crippen LogP contribution in [0.1, 0.15) is 32.6 Å². The van der Waals surface area contributed by atoms with Crippen molar-refractivity contribution < 1.29 is 9.59 Å². The number of ketones is 1. The first kappa shape index (κ1) is 23.2. The summed E-state index contributed by atoms with van der Waals surface area (Å²) in [5, 5.41) is 0.942. The van der Waals surface area contributed by atoms with E-state index in [1.807, 2.05) is 30.6 Å². The van der Waals surface area contributed by atoms with Gasteiger partial charge in [0.15, 0.2) is 0 Å². The maximum atomic E-state index is 13.9. The molecule has 34 heavy (non-hydrogen) atoms. The third kappa shape index (κ3) is 3.88. The summed E-state index contributed by atoms with van der Waals surface area (Å²) < 4.78 is 5.13. The molecule has 0 N–H and O–H groups in total. The Balaban J connectivity index is 1.61. The summed E-state index contributed by atoms with van der Waals surface area (Å²) in [7, 11) is 3.47. The van der Waals surface area contributed by atoms with E-state index in [2.05, 4.69) is 42.6 Å². The van der Waals surface area contributed by atoms with Gasteiger partial charge in [-0.15, -0.1) is 0 Å². The summed E-state index contributed by atoms with van der Waals surface area (Å²) in [5.41, 5.74) is 4.23. The van der Waals surface area contributed by atoms with Crippen LogP contribution in [0, 0.1) is 0 Å². The molecule has 5 rings (SSSR count). The Kier molecular flexibility index (Phi) is 5.88. The number of thioether (sulfide) groups is 1. The number of hydrogen-bond acceptors (Lipinski definition) is 4. The van der Waals surface area contributed by atoms with Crippen molar-refractivity contribution in [1.29, 1.82) is 0 Å². The van der Waals surface area contributed by atoms with Gasteiger partial charge in [-0.25, -0.2) is 0 Å². The van der Waals surface area contributed by atoms with E-state index in [1.54, 1.807) is 47.7 Å². The molecule has 4 aromatic rings. The van der Waals surface area contributed by atoms with E-state index in [0.29, 0.717) is 11.1 Å². The first-order valence-corrected chi connectivity index (χ1v) is 22.3. The van der Waals surface area contributed by atoms with Crippen LogP contribution in [0.2, 0.25) is 14.8 Å². The van der Waals surface area contributed by atoms with Crippen LogP contribution in [0.15, 0.2) is 61.2 Å². The van der Waals surface area contributed by atoms with Crippen LogP contribution in [0.3, 0.4) is 0 Å². The van der Waals surface area contributed by atoms with Crippen molar-refractivity contribution in [3.05, 3.63) is 83.6 Å². The van der Waals surface area contributed by atoms with E-state index >= 15 is 0 Å². The first-order chi connectivity index (χ1) is 16.2. The van der Waals surface area contributed by atoms with E-state index in [9.17, 15) is 9.59 Å². The van der Waals surface area contributed by atoms with Crippen LogP contribution < -0.4 is 3.58 Å². The van der Waals surface area contributed by atoms with Crippen LogP contribution in [0.5, 0.6) is 0 Å². The second-order valence-corrected chi connectivity index (χ2v) is 25.5. The number of fused-ring (bicyclic) bond motifs is 2. The number of pyridine rings is 1. The maximum absolute atomic E-state index is 13.9. The van der Waals surface area contributed by atoms with Gasteiger partial charge in [-0.3, -0.25) is 4.98 Å². The number of carbonyl (C=O) groups is 2. The number of aromatic nitrogens is 3. The minimum atomic E-state index is -2.37. The fraction of sp³-hybridized carbons (Fsp3) is 0.269. The summed E-state index contributed by atoms with van der Waals surface area (Å²) in [6, 6.07) is 12.1. The zero-order valence-corrected chi connectivity index (χ0v) is 23.7. The molecule has 1 aromatic carbocycles. The monoisotopic (exact) mass is 580 g/mol. The van der Waals surface area contributed by atoms with Gasteiger partial charge in [0.05, 0.1) is 0 Å². The molecule has 0 fully saturated rings. The molecule has 1 amide bonds. The molecule has 6 nitrogen and oxygen atoms in total. The van der Waals surface area contributed by atoms with Gasteiger partial charge < -0.3 is 0 Å². The molecule has 4 heterocycles. The zero-order valence-electron chi connectivity index (χ0n) is 20.1. The van der Waals surface area contributed by atoms with Gasteiger partial charge in [0.1, 0.15) is 0 Å². The van der Waals surface area contributed by atoms with E-state index in [4.69, 9.17) is 0 Å². The van der Waals surface area contributed by atoms with Crippen molar-refractivity contribution in [1.82, 2.24) is 19.0 Å². The van der Waals surface area contributed by atoms with E-state index in [1.165, 1.54) is 3.58 Å². The van der Waals surface area contributed by atoms with Crippen molar-refractivity contribution in [3.63, 3.8) is 0 Å². The number of rotatable bonds is 4. The van der Waals surface area contributed by atoms with Crippen molar-refractivity contribution in [3.8, 4) is 0 Å². The molecule has 1 aliphatic heterocycles. The Bertz CT molecular complexity index is 1420. The number of amides is 1. The molecule has 1 atom stereocenters. The Morgan fingerprint density at radius 3 is 2.59 bits per heavy atom. The normalized spacial score (nSPS) is 15.5. The minimum absolute atomic E-state index is 0.0384. The predicted octanol–water partition coefficient (Wildman–Crippen LogP) is 4.94. The van der Waals surface area contributed by atoms with Crippen LogP contribution in [0.4, 0.5) is 4.79 Å². The van der Waals surface area contributed by atoms with Crippen molar-refractivity contribution in [2.24, 2.45) is 0 Å². The fourth-order valence-electron chi connectivity index (χ4n) is 4.47. The van der Waals surface area contributed by atoms with E-state index in [0.717, 1.165) is 27.9 Å². The molecular weight excluding hydrogens is 551 g/mol. The molecule has 174 valence electrons. The van der Waals surface area contributed by atoms with Crippen LogP contribution in [0.25, 0.3) is 10.9 Å². The summed E-state index contributed by atoms with van der Waals surface area (Å²) in [4.78, 5) is 39.7. The Labute approximate surface area is 207 Å². The second-order valence-electron chi connectivity index (χ2n) is 9.93. The quantitative estimate of drug-likeness (QED) is 0.254. The topological polar surface area (TPSA) is 60.1 Å². The molecule has 0 saturated carbocycles. The number of hydrogen-bond donors (Lipinski definition) is 0.